The Labute approximate surface area is 132 Å². The van der Waals surface area contributed by atoms with Crippen molar-refractivity contribution in [1.82, 2.24) is 0 Å². The number of carbonyl (C=O) groups excluding carboxylic acids is 1. The van der Waals surface area contributed by atoms with Crippen molar-refractivity contribution in [3.63, 3.8) is 0 Å². The number of benzene rings is 2. The number of rotatable bonds is 5. The van der Waals surface area contributed by atoms with E-state index in [1.807, 2.05) is 36.4 Å². The van der Waals surface area contributed by atoms with Crippen molar-refractivity contribution in [3.05, 3.63) is 64.1 Å². The van der Waals surface area contributed by atoms with Crippen LogP contribution in [0.25, 0.3) is 0 Å². The molecule has 2 aromatic rings. The standard InChI is InChI=1S/C17H17BrN2O/c18-14-3-1-2-4-15(14)20-16(17(19)21)13-9-7-12(8-10-13)11-5-6-11/h1-4,7-11,16,20H,5-6H2,(H2,19,21). The first-order valence-electron chi connectivity index (χ1n) is 7.05. The average molecular weight is 345 g/mol. The second kappa shape index (κ2) is 5.90. The molecular weight excluding hydrogens is 328 g/mol. The Hall–Kier alpha value is -1.81. The fraction of sp³-hybridized carbons (Fsp3) is 0.235. The fourth-order valence-electron chi connectivity index (χ4n) is 2.43. The first kappa shape index (κ1) is 14.1. The van der Waals surface area contributed by atoms with Gasteiger partial charge in [-0.2, -0.15) is 0 Å². The van der Waals surface area contributed by atoms with Crippen molar-refractivity contribution in [2.75, 3.05) is 5.32 Å². The molecule has 0 aromatic heterocycles. The van der Waals surface area contributed by atoms with E-state index < -0.39 is 6.04 Å². The van der Waals surface area contributed by atoms with Crippen LogP contribution in [0.5, 0.6) is 0 Å². The van der Waals surface area contributed by atoms with E-state index in [1.165, 1.54) is 18.4 Å². The van der Waals surface area contributed by atoms with Crippen molar-refractivity contribution in [2.45, 2.75) is 24.8 Å². The molecular formula is C17H17BrN2O. The molecule has 0 aliphatic heterocycles. The molecule has 0 bridgehead atoms. The third-order valence-electron chi connectivity index (χ3n) is 3.78. The summed E-state index contributed by atoms with van der Waals surface area (Å²) in [5.74, 6) is 0.326. The Morgan fingerprint density at radius 2 is 1.81 bits per heavy atom. The minimum Gasteiger partial charge on any atom is -0.369 e. The monoisotopic (exact) mass is 344 g/mol. The number of anilines is 1. The fourth-order valence-corrected chi connectivity index (χ4v) is 2.83. The van der Waals surface area contributed by atoms with Gasteiger partial charge in [-0.25, -0.2) is 0 Å². The topological polar surface area (TPSA) is 55.1 Å². The van der Waals surface area contributed by atoms with E-state index in [0.29, 0.717) is 5.92 Å². The van der Waals surface area contributed by atoms with Crippen LogP contribution in [-0.4, -0.2) is 5.91 Å². The average Bonchev–Trinajstić information content (AvgIpc) is 3.31. The molecule has 1 fully saturated rings. The predicted octanol–water partition coefficient (Wildman–Crippen LogP) is 3.97. The number of primary amides is 1. The van der Waals surface area contributed by atoms with Crippen LogP contribution in [0, 0.1) is 0 Å². The molecule has 0 spiro atoms. The van der Waals surface area contributed by atoms with Crippen molar-refractivity contribution < 1.29 is 4.79 Å². The van der Waals surface area contributed by atoms with Crippen LogP contribution in [-0.2, 0) is 4.79 Å². The lowest BCUT2D eigenvalue weighted by Gasteiger charge is -2.18. The van der Waals surface area contributed by atoms with Gasteiger partial charge in [0.1, 0.15) is 6.04 Å². The van der Waals surface area contributed by atoms with Crippen LogP contribution in [0.1, 0.15) is 35.9 Å². The summed E-state index contributed by atoms with van der Waals surface area (Å²) in [5, 5.41) is 3.21. The Kier molecular flexibility index (Phi) is 3.97. The molecule has 3 rings (SSSR count). The van der Waals surface area contributed by atoms with Gasteiger partial charge in [0.2, 0.25) is 5.91 Å². The molecule has 1 amide bonds. The summed E-state index contributed by atoms with van der Waals surface area (Å²) in [6.07, 6.45) is 2.54. The van der Waals surface area contributed by atoms with Gasteiger partial charge < -0.3 is 11.1 Å². The molecule has 108 valence electrons. The minimum atomic E-state index is -0.531. The molecule has 3 nitrogen and oxygen atoms in total. The van der Waals surface area contributed by atoms with E-state index in [-0.39, 0.29) is 5.91 Å². The lowest BCUT2D eigenvalue weighted by Crippen LogP contribution is -2.27. The Morgan fingerprint density at radius 3 is 2.38 bits per heavy atom. The molecule has 4 heteroatoms. The van der Waals surface area contributed by atoms with E-state index in [4.69, 9.17) is 5.73 Å². The Balaban J connectivity index is 1.83. The van der Waals surface area contributed by atoms with Gasteiger partial charge in [0.05, 0.1) is 0 Å². The summed E-state index contributed by atoms with van der Waals surface area (Å²) in [5.41, 5.74) is 8.66. The van der Waals surface area contributed by atoms with E-state index >= 15 is 0 Å². The summed E-state index contributed by atoms with van der Waals surface area (Å²) in [4.78, 5) is 11.8. The normalized spacial score (nSPS) is 15.5. The maximum Gasteiger partial charge on any atom is 0.244 e. The van der Waals surface area contributed by atoms with Crippen LogP contribution in [0.15, 0.2) is 53.0 Å². The van der Waals surface area contributed by atoms with Gasteiger partial charge in [0.25, 0.3) is 0 Å². The zero-order valence-corrected chi connectivity index (χ0v) is 13.1. The van der Waals surface area contributed by atoms with Crippen LogP contribution < -0.4 is 11.1 Å². The summed E-state index contributed by atoms with van der Waals surface area (Å²) >= 11 is 3.47. The first-order valence-corrected chi connectivity index (χ1v) is 7.84. The smallest absolute Gasteiger partial charge is 0.244 e. The second-order valence-electron chi connectivity index (χ2n) is 5.40. The van der Waals surface area contributed by atoms with E-state index in [1.54, 1.807) is 0 Å². The van der Waals surface area contributed by atoms with Crippen molar-refractivity contribution in [3.8, 4) is 0 Å². The van der Waals surface area contributed by atoms with Gasteiger partial charge in [0, 0.05) is 10.2 Å². The number of hydrogen-bond acceptors (Lipinski definition) is 2. The highest BCUT2D eigenvalue weighted by atomic mass is 79.9. The Bertz CT molecular complexity index is 650. The lowest BCUT2D eigenvalue weighted by atomic mass is 10.0. The number of hydrogen-bond donors (Lipinski definition) is 2. The third kappa shape index (κ3) is 3.27. The van der Waals surface area contributed by atoms with Crippen LogP contribution >= 0.6 is 15.9 Å². The SMILES string of the molecule is NC(=O)C(Nc1ccccc1Br)c1ccc(C2CC2)cc1. The highest BCUT2D eigenvalue weighted by Gasteiger charge is 2.24. The number of nitrogens with two attached hydrogens (primary N) is 1. The molecule has 3 N–H and O–H groups in total. The van der Waals surface area contributed by atoms with Gasteiger partial charge in [-0.3, -0.25) is 4.79 Å². The molecule has 21 heavy (non-hydrogen) atoms. The number of para-hydroxylation sites is 1. The minimum absolute atomic E-state index is 0.384. The molecule has 0 radical (unpaired) electrons. The molecule has 2 aromatic carbocycles. The molecule has 1 saturated carbocycles. The maximum absolute atomic E-state index is 11.8. The molecule has 1 aliphatic rings. The second-order valence-corrected chi connectivity index (χ2v) is 6.25. The number of halogens is 1. The molecule has 1 atom stereocenters. The number of amides is 1. The van der Waals surface area contributed by atoms with Crippen molar-refractivity contribution in [2.24, 2.45) is 5.73 Å². The number of nitrogens with one attached hydrogen (secondary N) is 1. The van der Waals surface area contributed by atoms with Crippen LogP contribution in [0.3, 0.4) is 0 Å². The quantitative estimate of drug-likeness (QED) is 0.862. The van der Waals surface area contributed by atoms with Crippen LogP contribution in [0.4, 0.5) is 5.69 Å². The lowest BCUT2D eigenvalue weighted by molar-refractivity contribution is -0.118. The predicted molar refractivity (Wildman–Crippen MR) is 88.1 cm³/mol. The van der Waals surface area contributed by atoms with Crippen molar-refractivity contribution in [1.29, 1.82) is 0 Å². The molecule has 0 heterocycles. The summed E-state index contributed by atoms with van der Waals surface area (Å²) in [6, 6.07) is 15.3. The van der Waals surface area contributed by atoms with Gasteiger partial charge in [-0.15, -0.1) is 0 Å². The van der Waals surface area contributed by atoms with E-state index in [2.05, 4.69) is 33.4 Å². The maximum atomic E-state index is 11.8. The van der Waals surface area contributed by atoms with Crippen molar-refractivity contribution >= 4 is 27.5 Å². The van der Waals surface area contributed by atoms with Gasteiger partial charge in [0.15, 0.2) is 0 Å². The highest BCUT2D eigenvalue weighted by Crippen LogP contribution is 2.40. The number of carbonyl (C=O) groups is 1. The van der Waals surface area contributed by atoms with Gasteiger partial charge >= 0.3 is 0 Å². The largest absolute Gasteiger partial charge is 0.369 e. The van der Waals surface area contributed by atoms with Gasteiger partial charge in [-0.05, 0) is 57.9 Å². The molecule has 1 aliphatic carbocycles. The summed E-state index contributed by atoms with van der Waals surface area (Å²) < 4.78 is 0.908. The Morgan fingerprint density at radius 1 is 1.14 bits per heavy atom. The first-order chi connectivity index (χ1) is 10.1. The summed E-state index contributed by atoms with van der Waals surface area (Å²) in [7, 11) is 0. The highest BCUT2D eigenvalue weighted by molar-refractivity contribution is 9.10. The van der Waals surface area contributed by atoms with Gasteiger partial charge in [-0.1, -0.05) is 36.4 Å². The zero-order valence-electron chi connectivity index (χ0n) is 11.6. The molecule has 1 unspecified atom stereocenters. The zero-order chi connectivity index (χ0) is 14.8. The molecule has 0 saturated heterocycles. The third-order valence-corrected chi connectivity index (χ3v) is 4.47. The van der Waals surface area contributed by atoms with Crippen LogP contribution in [0.2, 0.25) is 0 Å². The summed E-state index contributed by atoms with van der Waals surface area (Å²) in [6.45, 7) is 0. The van der Waals surface area contributed by atoms with E-state index in [9.17, 15) is 4.79 Å². The van der Waals surface area contributed by atoms with E-state index in [0.717, 1.165) is 15.7 Å².